The third-order valence-corrected chi connectivity index (χ3v) is 3.15. The van der Waals surface area contributed by atoms with Gasteiger partial charge in [0.25, 0.3) is 0 Å². The minimum atomic E-state index is -0.481. The Bertz CT molecular complexity index is 397. The fraction of sp³-hybridized carbons (Fsp3) is 0.571. The summed E-state index contributed by atoms with van der Waals surface area (Å²) in [5.41, 5.74) is 1.37. The molecule has 0 fully saturated rings. The van der Waals surface area contributed by atoms with Crippen LogP contribution in [0.1, 0.15) is 34.1 Å². The SMILES string of the molecule is C=CCC1N(C(=O)OCC)C(C)=C(C)N1C(=O)OCC. The molecular weight excluding hydrogens is 260 g/mol. The van der Waals surface area contributed by atoms with Crippen molar-refractivity contribution in [2.75, 3.05) is 13.2 Å². The van der Waals surface area contributed by atoms with Gasteiger partial charge in [0.05, 0.1) is 13.2 Å². The second kappa shape index (κ2) is 6.98. The lowest BCUT2D eigenvalue weighted by Crippen LogP contribution is -2.45. The van der Waals surface area contributed by atoms with Gasteiger partial charge in [0.15, 0.2) is 0 Å². The van der Waals surface area contributed by atoms with E-state index in [-0.39, 0.29) is 13.2 Å². The van der Waals surface area contributed by atoms with E-state index in [0.29, 0.717) is 17.8 Å². The number of amides is 2. The summed E-state index contributed by atoms with van der Waals surface area (Å²) in [6, 6.07) is 0. The first-order valence-electron chi connectivity index (χ1n) is 6.69. The van der Waals surface area contributed by atoms with Crippen molar-refractivity contribution >= 4 is 12.2 Å². The number of hydrogen-bond donors (Lipinski definition) is 0. The average molecular weight is 282 g/mol. The van der Waals surface area contributed by atoms with Crippen LogP contribution < -0.4 is 0 Å². The number of hydrogen-bond acceptors (Lipinski definition) is 4. The Morgan fingerprint density at radius 3 is 1.80 bits per heavy atom. The first kappa shape index (κ1) is 16.1. The molecule has 6 nitrogen and oxygen atoms in total. The Labute approximate surface area is 119 Å². The summed E-state index contributed by atoms with van der Waals surface area (Å²) in [5.74, 6) is 0. The molecule has 112 valence electrons. The second-order valence-corrected chi connectivity index (χ2v) is 4.31. The van der Waals surface area contributed by atoms with Crippen molar-refractivity contribution in [3.05, 3.63) is 24.0 Å². The minimum absolute atomic E-state index is 0.280. The van der Waals surface area contributed by atoms with Gasteiger partial charge in [-0.15, -0.1) is 6.58 Å². The van der Waals surface area contributed by atoms with Crippen LogP contribution in [0.25, 0.3) is 0 Å². The van der Waals surface area contributed by atoms with E-state index in [9.17, 15) is 9.59 Å². The van der Waals surface area contributed by atoms with Crippen LogP contribution in [0.15, 0.2) is 24.0 Å². The first-order valence-corrected chi connectivity index (χ1v) is 6.69. The summed E-state index contributed by atoms with van der Waals surface area (Å²) >= 11 is 0. The van der Waals surface area contributed by atoms with Gasteiger partial charge in [-0.25, -0.2) is 9.59 Å². The van der Waals surface area contributed by atoms with E-state index < -0.39 is 18.4 Å². The zero-order chi connectivity index (χ0) is 15.3. The molecule has 0 saturated heterocycles. The molecule has 0 bridgehead atoms. The average Bonchev–Trinajstić information content (AvgIpc) is 2.63. The van der Waals surface area contributed by atoms with E-state index >= 15 is 0 Å². The van der Waals surface area contributed by atoms with Crippen LogP contribution in [-0.2, 0) is 9.47 Å². The van der Waals surface area contributed by atoms with E-state index in [1.165, 1.54) is 9.80 Å². The van der Waals surface area contributed by atoms with Crippen LogP contribution in [0, 0.1) is 0 Å². The van der Waals surface area contributed by atoms with Gasteiger partial charge in [-0.05, 0) is 27.7 Å². The fourth-order valence-corrected chi connectivity index (χ4v) is 2.17. The topological polar surface area (TPSA) is 59.1 Å². The normalized spacial score (nSPS) is 15.6. The molecule has 0 aromatic rings. The number of carbonyl (C=O) groups excluding carboxylic acids is 2. The lowest BCUT2D eigenvalue weighted by Gasteiger charge is -2.29. The molecule has 2 amide bonds. The maximum Gasteiger partial charge on any atom is 0.415 e. The van der Waals surface area contributed by atoms with Crippen molar-refractivity contribution in [2.24, 2.45) is 0 Å². The molecule has 20 heavy (non-hydrogen) atoms. The first-order chi connectivity index (χ1) is 9.49. The van der Waals surface area contributed by atoms with Crippen molar-refractivity contribution in [1.29, 1.82) is 0 Å². The van der Waals surface area contributed by atoms with Gasteiger partial charge in [0.2, 0.25) is 0 Å². The number of rotatable bonds is 4. The third-order valence-electron chi connectivity index (χ3n) is 3.15. The van der Waals surface area contributed by atoms with Crippen molar-refractivity contribution in [2.45, 2.75) is 40.3 Å². The van der Waals surface area contributed by atoms with E-state index in [0.717, 1.165) is 0 Å². The smallest absolute Gasteiger partial charge is 0.415 e. The van der Waals surface area contributed by atoms with Crippen molar-refractivity contribution in [3.63, 3.8) is 0 Å². The third kappa shape index (κ3) is 2.95. The predicted octanol–water partition coefficient (Wildman–Crippen LogP) is 3.07. The van der Waals surface area contributed by atoms with Gasteiger partial charge >= 0.3 is 12.2 Å². The highest BCUT2D eigenvalue weighted by Crippen LogP contribution is 2.32. The molecule has 0 radical (unpaired) electrons. The van der Waals surface area contributed by atoms with Crippen molar-refractivity contribution < 1.29 is 19.1 Å². The van der Waals surface area contributed by atoms with Crippen LogP contribution in [0.4, 0.5) is 9.59 Å². The number of allylic oxidation sites excluding steroid dienone is 2. The van der Waals surface area contributed by atoms with Crippen LogP contribution >= 0.6 is 0 Å². The number of carbonyl (C=O) groups is 2. The molecule has 0 spiro atoms. The molecule has 0 N–H and O–H groups in total. The van der Waals surface area contributed by atoms with Gasteiger partial charge in [-0.2, -0.15) is 0 Å². The zero-order valence-corrected chi connectivity index (χ0v) is 12.5. The molecular formula is C14H22N2O4. The molecule has 1 aliphatic heterocycles. The van der Waals surface area contributed by atoms with Crippen molar-refractivity contribution in [1.82, 2.24) is 9.80 Å². The Balaban J connectivity index is 3.10. The van der Waals surface area contributed by atoms with Crippen LogP contribution in [0.5, 0.6) is 0 Å². The monoisotopic (exact) mass is 282 g/mol. The van der Waals surface area contributed by atoms with E-state index in [4.69, 9.17) is 9.47 Å². The molecule has 1 rings (SSSR count). The molecule has 0 aliphatic carbocycles. The predicted molar refractivity (Wildman–Crippen MR) is 74.7 cm³/mol. The van der Waals surface area contributed by atoms with E-state index in [1.807, 2.05) is 0 Å². The van der Waals surface area contributed by atoms with Gasteiger partial charge < -0.3 is 9.47 Å². The lowest BCUT2D eigenvalue weighted by atomic mass is 10.3. The standard InChI is InChI=1S/C14H22N2O4/c1-6-9-12-15(13(17)19-7-2)10(4)11(5)16(12)14(18)20-8-3/h6,12H,1,7-9H2,2-5H3. The Hall–Kier alpha value is -1.98. The van der Waals surface area contributed by atoms with Crippen molar-refractivity contribution in [3.8, 4) is 0 Å². The number of nitrogens with zero attached hydrogens (tertiary/aromatic N) is 2. The molecule has 0 saturated carbocycles. The minimum Gasteiger partial charge on any atom is -0.449 e. The molecule has 0 unspecified atom stereocenters. The summed E-state index contributed by atoms with van der Waals surface area (Å²) < 4.78 is 10.1. The summed E-state index contributed by atoms with van der Waals surface area (Å²) in [4.78, 5) is 27.1. The van der Waals surface area contributed by atoms with Crippen LogP contribution in [-0.4, -0.2) is 41.4 Å². The van der Waals surface area contributed by atoms with E-state index in [2.05, 4.69) is 6.58 Å². The van der Waals surface area contributed by atoms with Gasteiger partial charge in [-0.3, -0.25) is 9.80 Å². The maximum atomic E-state index is 12.1. The highest BCUT2D eigenvalue weighted by atomic mass is 16.6. The molecule has 0 aromatic carbocycles. The highest BCUT2D eigenvalue weighted by molar-refractivity contribution is 5.76. The molecule has 0 aromatic heterocycles. The van der Waals surface area contributed by atoms with Crippen LogP contribution in [0.2, 0.25) is 0 Å². The van der Waals surface area contributed by atoms with Gasteiger partial charge in [-0.1, -0.05) is 6.08 Å². The highest BCUT2D eigenvalue weighted by Gasteiger charge is 2.41. The Kier molecular flexibility index (Phi) is 5.61. The molecule has 0 atom stereocenters. The second-order valence-electron chi connectivity index (χ2n) is 4.31. The van der Waals surface area contributed by atoms with Gasteiger partial charge in [0, 0.05) is 17.8 Å². The largest absolute Gasteiger partial charge is 0.449 e. The lowest BCUT2D eigenvalue weighted by molar-refractivity contribution is 0.0674. The Morgan fingerprint density at radius 1 is 1.10 bits per heavy atom. The summed E-state index contributed by atoms with van der Waals surface area (Å²) in [6.45, 7) is 11.3. The summed E-state index contributed by atoms with van der Waals surface area (Å²) in [7, 11) is 0. The summed E-state index contributed by atoms with van der Waals surface area (Å²) in [5, 5.41) is 0. The van der Waals surface area contributed by atoms with Gasteiger partial charge in [0.1, 0.15) is 6.17 Å². The molecule has 6 heteroatoms. The maximum absolute atomic E-state index is 12.1. The Morgan fingerprint density at radius 2 is 1.50 bits per heavy atom. The quantitative estimate of drug-likeness (QED) is 0.743. The van der Waals surface area contributed by atoms with E-state index in [1.54, 1.807) is 33.8 Å². The summed E-state index contributed by atoms with van der Waals surface area (Å²) in [6.07, 6.45) is 0.679. The fourth-order valence-electron chi connectivity index (χ4n) is 2.17. The molecule has 1 aliphatic rings. The van der Waals surface area contributed by atoms with Crippen LogP contribution in [0.3, 0.4) is 0 Å². The zero-order valence-electron chi connectivity index (χ0n) is 12.5. The molecule has 1 heterocycles. The number of ether oxygens (including phenoxy) is 2.